The molecule has 0 spiro atoms. The van der Waals surface area contributed by atoms with E-state index in [1.54, 1.807) is 4.90 Å². The first-order valence-electron chi connectivity index (χ1n) is 4.15. The summed E-state index contributed by atoms with van der Waals surface area (Å²) in [4.78, 5) is 13.1. The number of carbonyl (C=O) groups is 1. The molecule has 0 aromatic heterocycles. The van der Waals surface area contributed by atoms with Gasteiger partial charge in [0.1, 0.15) is 0 Å². The van der Waals surface area contributed by atoms with Crippen molar-refractivity contribution in [1.29, 1.82) is 0 Å². The van der Waals surface area contributed by atoms with Gasteiger partial charge >= 0.3 is 0 Å². The number of hydrogen-bond acceptors (Lipinski definition) is 2. The van der Waals surface area contributed by atoms with Gasteiger partial charge in [0, 0.05) is 25.6 Å². The second kappa shape index (κ2) is 5.13. The third kappa shape index (κ3) is 3.98. The first-order chi connectivity index (χ1) is 5.11. The molecule has 2 N–H and O–H groups in total. The summed E-state index contributed by atoms with van der Waals surface area (Å²) in [7, 11) is 0. The van der Waals surface area contributed by atoms with Crippen LogP contribution in [0, 0.1) is 0 Å². The Labute approximate surface area is 68.6 Å². The van der Waals surface area contributed by atoms with E-state index in [0.29, 0.717) is 6.42 Å². The van der Waals surface area contributed by atoms with E-state index >= 15 is 0 Å². The molecule has 1 atom stereocenters. The zero-order chi connectivity index (χ0) is 8.85. The quantitative estimate of drug-likeness (QED) is 0.651. The molecular formula is C8H18N2O. The number of amides is 1. The average molecular weight is 158 g/mol. The number of nitrogens with zero attached hydrogens (tertiary/aromatic N) is 1. The summed E-state index contributed by atoms with van der Waals surface area (Å²) >= 11 is 0. The van der Waals surface area contributed by atoms with Gasteiger partial charge in [-0.2, -0.15) is 0 Å². The monoisotopic (exact) mass is 158 g/mol. The van der Waals surface area contributed by atoms with Gasteiger partial charge in [0.15, 0.2) is 0 Å². The molecule has 0 aromatic carbocycles. The molecule has 11 heavy (non-hydrogen) atoms. The largest absolute Gasteiger partial charge is 0.343 e. The maximum atomic E-state index is 11.3. The summed E-state index contributed by atoms with van der Waals surface area (Å²) in [6.45, 7) is 7.36. The smallest absolute Gasteiger partial charge is 0.224 e. The highest BCUT2D eigenvalue weighted by Crippen LogP contribution is 1.95. The van der Waals surface area contributed by atoms with Crippen LogP contribution in [-0.4, -0.2) is 29.9 Å². The van der Waals surface area contributed by atoms with Crippen molar-refractivity contribution in [3.8, 4) is 0 Å². The van der Waals surface area contributed by atoms with Crippen LogP contribution >= 0.6 is 0 Å². The summed E-state index contributed by atoms with van der Waals surface area (Å²) in [5.41, 5.74) is 5.49. The summed E-state index contributed by atoms with van der Waals surface area (Å²) in [5, 5.41) is 0. The first kappa shape index (κ1) is 10.4. The molecule has 0 fully saturated rings. The standard InChI is InChI=1S/C8H18N2O/c1-4-10(5-2)8(11)6-7(3)9/h7H,4-6,9H2,1-3H3. The molecule has 3 nitrogen and oxygen atoms in total. The van der Waals surface area contributed by atoms with E-state index in [1.807, 2.05) is 20.8 Å². The fraction of sp³-hybridized carbons (Fsp3) is 0.875. The predicted molar refractivity (Wildman–Crippen MR) is 46.2 cm³/mol. The van der Waals surface area contributed by atoms with Gasteiger partial charge < -0.3 is 10.6 Å². The lowest BCUT2D eigenvalue weighted by atomic mass is 10.2. The van der Waals surface area contributed by atoms with Crippen molar-refractivity contribution in [2.75, 3.05) is 13.1 Å². The highest BCUT2D eigenvalue weighted by molar-refractivity contribution is 5.76. The van der Waals surface area contributed by atoms with Crippen LogP contribution in [0.3, 0.4) is 0 Å². The summed E-state index contributed by atoms with van der Waals surface area (Å²) in [5.74, 6) is 0.157. The van der Waals surface area contributed by atoms with Crippen molar-refractivity contribution in [2.24, 2.45) is 5.73 Å². The molecule has 0 rings (SSSR count). The SMILES string of the molecule is CCN(CC)C(=O)CC(C)N. The molecule has 0 aliphatic rings. The van der Waals surface area contributed by atoms with E-state index in [0.717, 1.165) is 13.1 Å². The second-order valence-electron chi connectivity index (χ2n) is 2.75. The minimum atomic E-state index is -0.0249. The van der Waals surface area contributed by atoms with Crippen LogP contribution in [0.25, 0.3) is 0 Å². The highest BCUT2D eigenvalue weighted by atomic mass is 16.2. The molecule has 1 amide bonds. The van der Waals surface area contributed by atoms with Crippen LogP contribution in [0.4, 0.5) is 0 Å². The van der Waals surface area contributed by atoms with Gasteiger partial charge in [0.2, 0.25) is 5.91 Å². The Morgan fingerprint density at radius 2 is 1.91 bits per heavy atom. The number of nitrogens with two attached hydrogens (primary N) is 1. The van der Waals surface area contributed by atoms with E-state index < -0.39 is 0 Å². The molecule has 66 valence electrons. The first-order valence-corrected chi connectivity index (χ1v) is 4.15. The Morgan fingerprint density at radius 1 is 1.45 bits per heavy atom. The molecule has 3 heteroatoms. The van der Waals surface area contributed by atoms with E-state index in [4.69, 9.17) is 5.73 Å². The topological polar surface area (TPSA) is 46.3 Å². The molecule has 0 saturated heterocycles. The third-order valence-electron chi connectivity index (χ3n) is 1.61. The molecule has 1 unspecified atom stereocenters. The van der Waals surface area contributed by atoms with E-state index in [9.17, 15) is 4.79 Å². The van der Waals surface area contributed by atoms with Gasteiger partial charge in [-0.25, -0.2) is 0 Å². The molecule has 0 saturated carbocycles. The fourth-order valence-electron chi connectivity index (χ4n) is 0.981. The summed E-state index contributed by atoms with van der Waals surface area (Å²) in [6, 6.07) is -0.0249. The lowest BCUT2D eigenvalue weighted by Gasteiger charge is -2.19. The van der Waals surface area contributed by atoms with Crippen molar-refractivity contribution in [3.63, 3.8) is 0 Å². The Balaban J connectivity index is 3.79. The lowest BCUT2D eigenvalue weighted by Crippen LogP contribution is -2.34. The maximum Gasteiger partial charge on any atom is 0.224 e. The normalized spacial score (nSPS) is 12.7. The van der Waals surface area contributed by atoms with Gasteiger partial charge in [0.25, 0.3) is 0 Å². The molecule has 0 bridgehead atoms. The molecule has 0 aromatic rings. The van der Waals surface area contributed by atoms with Gasteiger partial charge in [0.05, 0.1) is 0 Å². The van der Waals surface area contributed by atoms with Crippen LogP contribution in [-0.2, 0) is 4.79 Å². The lowest BCUT2D eigenvalue weighted by molar-refractivity contribution is -0.131. The third-order valence-corrected chi connectivity index (χ3v) is 1.61. The van der Waals surface area contributed by atoms with Crippen LogP contribution in [0.5, 0.6) is 0 Å². The Hall–Kier alpha value is -0.570. The zero-order valence-corrected chi connectivity index (χ0v) is 7.63. The van der Waals surface area contributed by atoms with E-state index in [2.05, 4.69) is 0 Å². The van der Waals surface area contributed by atoms with Crippen LogP contribution < -0.4 is 5.73 Å². The van der Waals surface area contributed by atoms with Gasteiger partial charge in [-0.05, 0) is 20.8 Å². The zero-order valence-electron chi connectivity index (χ0n) is 7.63. The Morgan fingerprint density at radius 3 is 2.18 bits per heavy atom. The average Bonchev–Trinajstić information content (AvgIpc) is 1.88. The molecular weight excluding hydrogens is 140 g/mol. The minimum absolute atomic E-state index is 0.0249. The number of carbonyl (C=O) groups excluding carboxylic acids is 1. The number of rotatable bonds is 4. The molecule has 0 radical (unpaired) electrons. The van der Waals surface area contributed by atoms with Crippen molar-refractivity contribution in [2.45, 2.75) is 33.2 Å². The van der Waals surface area contributed by atoms with Crippen molar-refractivity contribution in [3.05, 3.63) is 0 Å². The van der Waals surface area contributed by atoms with E-state index in [1.165, 1.54) is 0 Å². The molecule has 0 heterocycles. The van der Waals surface area contributed by atoms with Gasteiger partial charge in [-0.3, -0.25) is 4.79 Å². The minimum Gasteiger partial charge on any atom is -0.343 e. The Kier molecular flexibility index (Phi) is 4.86. The summed E-state index contributed by atoms with van der Waals surface area (Å²) < 4.78 is 0. The number of hydrogen-bond donors (Lipinski definition) is 1. The van der Waals surface area contributed by atoms with Crippen LogP contribution in [0.15, 0.2) is 0 Å². The predicted octanol–water partition coefficient (Wildman–Crippen LogP) is 0.592. The maximum absolute atomic E-state index is 11.3. The molecule has 0 aliphatic heterocycles. The van der Waals surface area contributed by atoms with Gasteiger partial charge in [-0.15, -0.1) is 0 Å². The fourth-order valence-corrected chi connectivity index (χ4v) is 0.981. The Bertz CT molecular complexity index is 119. The highest BCUT2D eigenvalue weighted by Gasteiger charge is 2.10. The molecule has 0 aliphatic carbocycles. The van der Waals surface area contributed by atoms with Crippen LogP contribution in [0.2, 0.25) is 0 Å². The van der Waals surface area contributed by atoms with Gasteiger partial charge in [-0.1, -0.05) is 0 Å². The van der Waals surface area contributed by atoms with E-state index in [-0.39, 0.29) is 11.9 Å². The summed E-state index contributed by atoms with van der Waals surface area (Å²) in [6.07, 6.45) is 0.460. The van der Waals surface area contributed by atoms with Crippen molar-refractivity contribution >= 4 is 5.91 Å². The van der Waals surface area contributed by atoms with Crippen LogP contribution in [0.1, 0.15) is 27.2 Å². The van der Waals surface area contributed by atoms with Crippen molar-refractivity contribution in [1.82, 2.24) is 4.90 Å². The second-order valence-corrected chi connectivity index (χ2v) is 2.75. The van der Waals surface area contributed by atoms with Crippen molar-refractivity contribution < 1.29 is 4.79 Å².